The molecule has 0 spiro atoms. The lowest BCUT2D eigenvalue weighted by atomic mass is 10.0. The number of nitrogens with one attached hydrogen (secondary N) is 1. The SMILES string of the molecule is FC(F)(F)Oc1ccc(-n2nc(-c3cc(C(F)(F)F)ccc3Cl)c3c2NCCCC3)cc1. The molecular formula is C21H16ClF6N3O. The second-order valence-electron chi connectivity index (χ2n) is 7.21. The summed E-state index contributed by atoms with van der Waals surface area (Å²) in [6.07, 6.45) is -7.19. The molecule has 1 aliphatic rings. The second kappa shape index (κ2) is 8.23. The van der Waals surface area contributed by atoms with Crippen molar-refractivity contribution in [3.8, 4) is 22.7 Å². The van der Waals surface area contributed by atoms with E-state index in [2.05, 4.69) is 15.2 Å². The molecule has 1 aromatic heterocycles. The van der Waals surface area contributed by atoms with Crippen molar-refractivity contribution < 1.29 is 31.1 Å². The maximum Gasteiger partial charge on any atom is 0.573 e. The molecule has 170 valence electrons. The highest BCUT2D eigenvalue weighted by atomic mass is 35.5. The van der Waals surface area contributed by atoms with Crippen molar-refractivity contribution in [2.24, 2.45) is 0 Å². The molecule has 1 N–H and O–H groups in total. The van der Waals surface area contributed by atoms with Gasteiger partial charge in [-0.25, -0.2) is 4.68 Å². The van der Waals surface area contributed by atoms with Gasteiger partial charge in [-0.05, 0) is 61.7 Å². The number of anilines is 1. The van der Waals surface area contributed by atoms with E-state index in [1.54, 1.807) is 0 Å². The molecule has 2 heterocycles. The molecule has 0 saturated heterocycles. The zero-order valence-electron chi connectivity index (χ0n) is 16.3. The first-order valence-electron chi connectivity index (χ1n) is 9.62. The van der Waals surface area contributed by atoms with Crippen LogP contribution in [-0.4, -0.2) is 22.7 Å². The van der Waals surface area contributed by atoms with E-state index in [1.165, 1.54) is 22.9 Å². The van der Waals surface area contributed by atoms with Crippen molar-refractivity contribution in [3.05, 3.63) is 58.6 Å². The molecule has 11 heteroatoms. The highest BCUT2D eigenvalue weighted by Gasteiger charge is 2.33. The normalized spacial score (nSPS) is 14.5. The van der Waals surface area contributed by atoms with E-state index >= 15 is 0 Å². The number of rotatable bonds is 3. The molecule has 32 heavy (non-hydrogen) atoms. The van der Waals surface area contributed by atoms with Crippen molar-refractivity contribution in [2.75, 3.05) is 11.9 Å². The lowest BCUT2D eigenvalue weighted by Gasteiger charge is -2.11. The number of aromatic nitrogens is 2. The Morgan fingerprint density at radius 1 is 0.969 bits per heavy atom. The van der Waals surface area contributed by atoms with E-state index < -0.39 is 23.9 Å². The van der Waals surface area contributed by atoms with E-state index in [0.29, 0.717) is 35.7 Å². The smallest absolute Gasteiger partial charge is 0.406 e. The Bertz CT molecular complexity index is 1120. The number of benzene rings is 2. The summed E-state index contributed by atoms with van der Waals surface area (Å²) in [4.78, 5) is 0. The summed E-state index contributed by atoms with van der Waals surface area (Å²) in [6.45, 7) is 0.615. The first kappa shape index (κ1) is 22.3. The van der Waals surface area contributed by atoms with Gasteiger partial charge in [0, 0.05) is 17.7 Å². The number of halogens is 7. The predicted molar refractivity (Wildman–Crippen MR) is 107 cm³/mol. The van der Waals surface area contributed by atoms with Crippen LogP contribution < -0.4 is 10.1 Å². The Kier molecular flexibility index (Phi) is 5.74. The van der Waals surface area contributed by atoms with Crippen LogP contribution in [-0.2, 0) is 12.6 Å². The van der Waals surface area contributed by atoms with Crippen LogP contribution in [0.4, 0.5) is 32.2 Å². The topological polar surface area (TPSA) is 39.1 Å². The van der Waals surface area contributed by atoms with E-state index in [-0.39, 0.29) is 10.6 Å². The number of nitrogens with zero attached hydrogens (tertiary/aromatic N) is 2. The molecule has 3 aromatic rings. The molecule has 0 fully saturated rings. The van der Waals surface area contributed by atoms with Gasteiger partial charge in [0.2, 0.25) is 0 Å². The summed E-state index contributed by atoms with van der Waals surface area (Å²) >= 11 is 6.24. The third-order valence-electron chi connectivity index (χ3n) is 4.99. The molecule has 2 aromatic carbocycles. The number of fused-ring (bicyclic) bond motifs is 1. The average Bonchev–Trinajstić information content (AvgIpc) is 2.88. The molecule has 0 atom stereocenters. The van der Waals surface area contributed by atoms with Crippen LogP contribution in [0.5, 0.6) is 5.75 Å². The maximum atomic E-state index is 13.3. The van der Waals surface area contributed by atoms with Gasteiger partial charge in [-0.3, -0.25) is 0 Å². The zero-order chi connectivity index (χ0) is 23.1. The van der Waals surface area contributed by atoms with Gasteiger partial charge in [0.1, 0.15) is 11.6 Å². The Balaban J connectivity index is 1.82. The number of ether oxygens (including phenoxy) is 1. The van der Waals surface area contributed by atoms with Gasteiger partial charge in [0.15, 0.2) is 0 Å². The van der Waals surface area contributed by atoms with Crippen molar-refractivity contribution in [3.63, 3.8) is 0 Å². The van der Waals surface area contributed by atoms with Crippen molar-refractivity contribution in [2.45, 2.75) is 31.8 Å². The molecule has 1 aliphatic heterocycles. The third-order valence-corrected chi connectivity index (χ3v) is 5.32. The minimum absolute atomic E-state index is 0.114. The van der Waals surface area contributed by atoms with Crippen molar-refractivity contribution >= 4 is 17.4 Å². The number of hydrogen-bond donors (Lipinski definition) is 1. The van der Waals surface area contributed by atoms with Gasteiger partial charge in [-0.1, -0.05) is 11.6 Å². The average molecular weight is 476 g/mol. The maximum absolute atomic E-state index is 13.3. The Hall–Kier alpha value is -2.88. The molecule has 0 unspecified atom stereocenters. The Morgan fingerprint density at radius 2 is 1.69 bits per heavy atom. The largest absolute Gasteiger partial charge is 0.573 e. The fourth-order valence-corrected chi connectivity index (χ4v) is 3.78. The third kappa shape index (κ3) is 4.64. The minimum Gasteiger partial charge on any atom is -0.406 e. The summed E-state index contributed by atoms with van der Waals surface area (Å²) in [5, 5.41) is 7.84. The van der Waals surface area contributed by atoms with Gasteiger partial charge in [-0.15, -0.1) is 13.2 Å². The molecular weight excluding hydrogens is 460 g/mol. The van der Waals surface area contributed by atoms with Crippen molar-refractivity contribution in [1.29, 1.82) is 0 Å². The van der Waals surface area contributed by atoms with Gasteiger partial charge >= 0.3 is 12.5 Å². The molecule has 4 rings (SSSR count). The van der Waals surface area contributed by atoms with Crippen LogP contribution >= 0.6 is 11.6 Å². The van der Waals surface area contributed by atoms with Gasteiger partial charge in [0.05, 0.1) is 22.0 Å². The highest BCUT2D eigenvalue weighted by molar-refractivity contribution is 6.33. The predicted octanol–water partition coefficient (Wildman–Crippen LogP) is 6.86. The summed E-state index contributed by atoms with van der Waals surface area (Å²) in [7, 11) is 0. The summed E-state index contributed by atoms with van der Waals surface area (Å²) in [5.41, 5.74) is 0.688. The molecule has 0 radical (unpaired) electrons. The monoisotopic (exact) mass is 475 g/mol. The first-order valence-corrected chi connectivity index (χ1v) is 10.00. The quantitative estimate of drug-likeness (QED) is 0.421. The van der Waals surface area contributed by atoms with E-state index in [0.717, 1.165) is 37.1 Å². The van der Waals surface area contributed by atoms with Crippen molar-refractivity contribution in [1.82, 2.24) is 9.78 Å². The van der Waals surface area contributed by atoms with Crippen LogP contribution in [0.15, 0.2) is 42.5 Å². The molecule has 4 nitrogen and oxygen atoms in total. The van der Waals surface area contributed by atoms with Crippen LogP contribution in [0.3, 0.4) is 0 Å². The van der Waals surface area contributed by atoms with Gasteiger partial charge < -0.3 is 10.1 Å². The molecule has 0 aliphatic carbocycles. The Morgan fingerprint density at radius 3 is 2.34 bits per heavy atom. The fraction of sp³-hybridized carbons (Fsp3) is 0.286. The van der Waals surface area contributed by atoms with Gasteiger partial charge in [-0.2, -0.15) is 18.3 Å². The summed E-state index contributed by atoms with van der Waals surface area (Å²) < 4.78 is 82.5. The second-order valence-corrected chi connectivity index (χ2v) is 7.61. The zero-order valence-corrected chi connectivity index (χ0v) is 17.1. The van der Waals surface area contributed by atoms with Crippen LogP contribution in [0, 0.1) is 0 Å². The minimum atomic E-state index is -4.82. The molecule has 0 bridgehead atoms. The standard InChI is InChI=1S/C21H16ClF6N3O/c22-17-9-4-12(20(23,24)25)11-16(17)18-15-3-1-2-10-29-19(15)31(30-18)13-5-7-14(8-6-13)32-21(26,27)28/h4-9,11,29H,1-3,10H2. The lowest BCUT2D eigenvalue weighted by Crippen LogP contribution is -2.17. The van der Waals surface area contributed by atoms with Crippen LogP contribution in [0.25, 0.3) is 16.9 Å². The fourth-order valence-electron chi connectivity index (χ4n) is 3.58. The molecule has 0 amide bonds. The van der Waals surface area contributed by atoms with Crippen LogP contribution in [0.1, 0.15) is 24.0 Å². The van der Waals surface area contributed by atoms with E-state index in [9.17, 15) is 26.3 Å². The summed E-state index contributed by atoms with van der Waals surface area (Å²) in [5.74, 6) is 0.170. The van der Waals surface area contributed by atoms with Crippen LogP contribution in [0.2, 0.25) is 5.02 Å². The summed E-state index contributed by atoms with van der Waals surface area (Å²) in [6, 6.07) is 8.10. The van der Waals surface area contributed by atoms with E-state index in [4.69, 9.17) is 11.6 Å². The lowest BCUT2D eigenvalue weighted by molar-refractivity contribution is -0.274. The number of alkyl halides is 6. The number of hydrogen-bond acceptors (Lipinski definition) is 3. The molecule has 0 saturated carbocycles. The first-order chi connectivity index (χ1) is 15.0. The Labute approximate surface area is 183 Å². The van der Waals surface area contributed by atoms with Gasteiger partial charge in [0.25, 0.3) is 0 Å². The highest BCUT2D eigenvalue weighted by Crippen LogP contribution is 2.40. The van der Waals surface area contributed by atoms with E-state index in [1.807, 2.05) is 0 Å².